The zero-order chi connectivity index (χ0) is 26.4. The molecule has 37 heavy (non-hydrogen) atoms. The molecule has 0 aliphatic heterocycles. The second-order valence-corrected chi connectivity index (χ2v) is 10.3. The Kier molecular flexibility index (Phi) is 6.50. The summed E-state index contributed by atoms with van der Waals surface area (Å²) >= 11 is 0. The predicted octanol–water partition coefficient (Wildman–Crippen LogP) is 3.71. The summed E-state index contributed by atoms with van der Waals surface area (Å²) in [5.41, 5.74) is 1.16. The number of halogens is 2. The fraction of sp³-hybridized carbons (Fsp3) is 0.520. The van der Waals surface area contributed by atoms with Crippen LogP contribution < -0.4 is 10.6 Å². The van der Waals surface area contributed by atoms with E-state index in [-0.39, 0.29) is 29.0 Å². The van der Waals surface area contributed by atoms with Gasteiger partial charge in [-0.25, -0.2) is 14.1 Å². The van der Waals surface area contributed by atoms with Crippen molar-refractivity contribution >= 4 is 17.6 Å². The highest BCUT2D eigenvalue weighted by Crippen LogP contribution is 2.51. The van der Waals surface area contributed by atoms with E-state index < -0.39 is 29.6 Å². The number of amides is 2. The van der Waals surface area contributed by atoms with Crippen LogP contribution in [-0.4, -0.2) is 48.0 Å². The Hall–Kier alpha value is -3.70. The number of nitrogens with one attached hydrogen (secondary N) is 3. The van der Waals surface area contributed by atoms with Crippen LogP contribution in [0.2, 0.25) is 0 Å². The largest absolute Gasteiger partial charge is 0.339 e. The normalized spacial score (nSPS) is 16.3. The minimum Gasteiger partial charge on any atom is -0.339 e. The fourth-order valence-electron chi connectivity index (χ4n) is 5.13. The molecule has 2 amide bonds. The molecule has 3 aromatic heterocycles. The number of aryl methyl sites for hydroxylation is 2. The van der Waals surface area contributed by atoms with Crippen molar-refractivity contribution in [3.63, 3.8) is 0 Å². The molecular weight excluding hydrogens is 482 g/mol. The van der Waals surface area contributed by atoms with Gasteiger partial charge in [-0.3, -0.25) is 14.7 Å². The number of aromatic nitrogens is 6. The molecule has 196 valence electrons. The number of H-pyrrole nitrogens is 1. The summed E-state index contributed by atoms with van der Waals surface area (Å²) in [7, 11) is 0. The first-order valence-electron chi connectivity index (χ1n) is 12.6. The molecule has 0 saturated heterocycles. The molecule has 0 aromatic carbocycles. The van der Waals surface area contributed by atoms with Crippen LogP contribution >= 0.6 is 0 Å². The average Bonchev–Trinajstić information content (AvgIpc) is 3.77. The maximum atomic E-state index is 15.1. The highest BCUT2D eigenvalue weighted by atomic mass is 19.1. The van der Waals surface area contributed by atoms with E-state index in [0.29, 0.717) is 28.8 Å². The smallest absolute Gasteiger partial charge is 0.271 e. The summed E-state index contributed by atoms with van der Waals surface area (Å²) < 4.78 is 31.6. The lowest BCUT2D eigenvalue weighted by atomic mass is 9.88. The second kappa shape index (κ2) is 9.64. The molecular formula is C25H30F2N8O2. The van der Waals surface area contributed by atoms with Gasteiger partial charge in [0.2, 0.25) is 11.9 Å². The number of nitrogens with zero attached hydrogens (tertiary/aromatic N) is 5. The first kappa shape index (κ1) is 25.0. The molecule has 0 radical (unpaired) electrons. The van der Waals surface area contributed by atoms with Gasteiger partial charge in [0.05, 0.1) is 17.5 Å². The van der Waals surface area contributed by atoms with E-state index in [2.05, 4.69) is 36.1 Å². The van der Waals surface area contributed by atoms with Crippen LogP contribution in [0.25, 0.3) is 11.1 Å². The average molecular weight is 513 g/mol. The van der Waals surface area contributed by atoms with Crippen LogP contribution in [0.4, 0.5) is 14.6 Å². The third-order valence-electron chi connectivity index (χ3n) is 7.14. The zero-order valence-electron chi connectivity index (χ0n) is 21.2. The van der Waals surface area contributed by atoms with Crippen molar-refractivity contribution in [2.45, 2.75) is 65.5 Å². The van der Waals surface area contributed by atoms with Gasteiger partial charge in [-0.1, -0.05) is 5.21 Å². The number of pyridine rings is 1. The van der Waals surface area contributed by atoms with Crippen LogP contribution in [0.15, 0.2) is 12.3 Å². The summed E-state index contributed by atoms with van der Waals surface area (Å²) in [5.74, 6) is -2.68. The monoisotopic (exact) mass is 512 g/mol. The third-order valence-corrected chi connectivity index (χ3v) is 7.14. The van der Waals surface area contributed by atoms with Crippen LogP contribution in [0, 0.1) is 43.4 Å². The van der Waals surface area contributed by atoms with Gasteiger partial charge in [-0.05, 0) is 71.1 Å². The first-order chi connectivity index (χ1) is 17.7. The van der Waals surface area contributed by atoms with Crippen molar-refractivity contribution < 1.29 is 18.4 Å². The van der Waals surface area contributed by atoms with Gasteiger partial charge in [-0.2, -0.15) is 9.49 Å². The maximum absolute atomic E-state index is 15.1. The summed E-state index contributed by atoms with van der Waals surface area (Å²) in [5, 5.41) is 19.9. The molecule has 12 heteroatoms. The van der Waals surface area contributed by atoms with Crippen LogP contribution in [0.5, 0.6) is 0 Å². The Morgan fingerprint density at radius 2 is 1.78 bits per heavy atom. The molecule has 0 bridgehead atoms. The number of hydrogen-bond donors (Lipinski definition) is 3. The van der Waals surface area contributed by atoms with E-state index >= 15 is 8.78 Å². The van der Waals surface area contributed by atoms with Gasteiger partial charge in [0.15, 0.2) is 0 Å². The Bertz CT molecular complexity index is 1290. The van der Waals surface area contributed by atoms with E-state index in [9.17, 15) is 9.59 Å². The van der Waals surface area contributed by atoms with E-state index in [4.69, 9.17) is 0 Å². The van der Waals surface area contributed by atoms with Gasteiger partial charge < -0.3 is 10.6 Å². The van der Waals surface area contributed by atoms with Crippen molar-refractivity contribution in [2.75, 3.05) is 5.32 Å². The lowest BCUT2D eigenvalue weighted by Gasteiger charge is -2.27. The van der Waals surface area contributed by atoms with E-state index in [1.165, 1.54) is 10.9 Å². The number of rotatable bonds is 9. The van der Waals surface area contributed by atoms with E-state index in [1.54, 1.807) is 13.8 Å². The highest BCUT2D eigenvalue weighted by molar-refractivity contribution is 6.00. The molecule has 0 spiro atoms. The molecule has 10 nitrogen and oxygen atoms in total. The van der Waals surface area contributed by atoms with Crippen molar-refractivity contribution in [3.8, 4) is 11.1 Å². The van der Waals surface area contributed by atoms with Crippen LogP contribution in [0.3, 0.4) is 0 Å². The number of hydrogen-bond acceptors (Lipinski definition) is 6. The Morgan fingerprint density at radius 1 is 1.11 bits per heavy atom. The first-order valence-corrected chi connectivity index (χ1v) is 12.6. The molecule has 2 aliphatic rings. The highest BCUT2D eigenvalue weighted by Gasteiger charge is 2.48. The van der Waals surface area contributed by atoms with E-state index in [1.807, 2.05) is 13.8 Å². The van der Waals surface area contributed by atoms with Crippen molar-refractivity contribution in [1.29, 1.82) is 0 Å². The van der Waals surface area contributed by atoms with Crippen molar-refractivity contribution in [1.82, 2.24) is 35.5 Å². The van der Waals surface area contributed by atoms with Crippen LogP contribution in [0.1, 0.15) is 67.4 Å². The van der Waals surface area contributed by atoms with Gasteiger partial charge in [0.25, 0.3) is 5.91 Å². The maximum Gasteiger partial charge on any atom is 0.271 e. The Balaban J connectivity index is 1.42. The topological polar surface area (TPSA) is 130 Å². The number of carbonyl (C=O) groups is 2. The molecule has 3 heterocycles. The second-order valence-electron chi connectivity index (χ2n) is 10.3. The lowest BCUT2D eigenvalue weighted by Crippen LogP contribution is -2.50. The summed E-state index contributed by atoms with van der Waals surface area (Å²) in [6.07, 6.45) is 5.27. The van der Waals surface area contributed by atoms with Gasteiger partial charge in [-0.15, -0.1) is 5.10 Å². The molecule has 1 atom stereocenters. The SMILES string of the molecule is Cc1n[nH]c(C)c1-c1c(F)cc(NC(=O)[C@@H](NC(=O)c2cnnn2C(C)C)C(C2CC2)C2CC2)nc1F. The molecule has 3 N–H and O–H groups in total. The molecule has 2 aliphatic carbocycles. The van der Waals surface area contributed by atoms with Gasteiger partial charge in [0, 0.05) is 23.4 Å². The zero-order valence-corrected chi connectivity index (χ0v) is 21.2. The third kappa shape index (κ3) is 4.96. The molecule has 3 aromatic rings. The van der Waals surface area contributed by atoms with Crippen molar-refractivity contribution in [3.05, 3.63) is 41.1 Å². The standard InChI is InChI=1S/C25H30F2N8O2/c1-11(2)35-17(10-28-34-35)24(36)31-22(20(14-5-6-14)15-7-8-15)25(37)30-18-9-16(26)21(23(27)29-18)19-12(3)32-33-13(19)4/h9-11,14-15,20,22H,5-8H2,1-4H3,(H,31,36)(H,32,33)(H,29,30,37)/t22-/m0/s1. The molecule has 2 fully saturated rings. The lowest BCUT2D eigenvalue weighted by molar-refractivity contribution is -0.119. The summed E-state index contributed by atoms with van der Waals surface area (Å²) in [6, 6.07) is -0.00874. The summed E-state index contributed by atoms with van der Waals surface area (Å²) in [6.45, 7) is 7.04. The molecule has 0 unspecified atom stereocenters. The fourth-order valence-corrected chi connectivity index (χ4v) is 5.13. The van der Waals surface area contributed by atoms with Crippen LogP contribution in [-0.2, 0) is 4.79 Å². The number of carbonyl (C=O) groups excluding carboxylic acids is 2. The Morgan fingerprint density at radius 3 is 2.32 bits per heavy atom. The minimum absolute atomic E-state index is 0.0717. The quantitative estimate of drug-likeness (QED) is 0.375. The number of anilines is 1. The van der Waals surface area contributed by atoms with Gasteiger partial charge >= 0.3 is 0 Å². The summed E-state index contributed by atoms with van der Waals surface area (Å²) in [4.78, 5) is 30.5. The Labute approximate surface area is 212 Å². The van der Waals surface area contributed by atoms with Crippen molar-refractivity contribution in [2.24, 2.45) is 17.8 Å². The predicted molar refractivity (Wildman–Crippen MR) is 130 cm³/mol. The minimum atomic E-state index is -1.06. The van der Waals surface area contributed by atoms with Gasteiger partial charge in [0.1, 0.15) is 23.4 Å². The molecule has 2 saturated carbocycles. The van der Waals surface area contributed by atoms with E-state index in [0.717, 1.165) is 31.7 Å². The molecule has 5 rings (SSSR count). The number of aromatic amines is 1.